The Hall–Kier alpha value is -15.1. The van der Waals surface area contributed by atoms with Gasteiger partial charge in [-0.15, -0.1) is 0 Å². The number of nitrogens with zero attached hydrogens (tertiary/aromatic N) is 6. The van der Waals surface area contributed by atoms with Crippen LogP contribution in [0.1, 0.15) is 0 Å². The molecule has 0 N–H and O–H groups in total. The van der Waals surface area contributed by atoms with Crippen LogP contribution < -0.4 is 0 Å². The number of hydrogen-bond donors (Lipinski definition) is 0. The fourth-order valence-electron chi connectivity index (χ4n) is 16.2. The third-order valence-electron chi connectivity index (χ3n) is 21.7. The molecule has 8 nitrogen and oxygen atoms in total. The summed E-state index contributed by atoms with van der Waals surface area (Å²) in [6, 6.07) is 141. The van der Waals surface area contributed by atoms with E-state index in [-0.39, 0.29) is 0 Å². The molecule has 6 aromatic heterocycles. The fraction of sp³-hybridized carbons (Fsp3) is 0. The zero-order valence-electron chi connectivity index (χ0n) is 60.6. The van der Waals surface area contributed by atoms with E-state index in [1.165, 1.54) is 60.3 Å². The molecule has 22 rings (SSSR count). The van der Waals surface area contributed by atoms with E-state index < -0.39 is 0 Å². The standard InChI is InChI=1S/2C52H33N3O/c1-4-14-34(15-5-1)35-26-28-36(29-27-35)48-51-49(54-52(53-48)37-16-6-2-7-17-37)45-33-39(30-31-47(45)56-51)38-18-12-19-40(32-38)42-23-13-24-44-43-22-10-11-25-46(43)55(50(42)44)41-20-8-3-9-21-41;1-4-13-34(14-5-1)35-23-25-36(26-24-35)49-51-50(54-52(53-49)37-15-6-2-7-16-37)45-32-40(28-30-48(45)56-51)38-17-12-18-39(31-38)41-27-29-44-43-21-10-11-22-46(43)55(47(44)33-41)42-19-8-3-9-20-42/h2*1-33H. The van der Waals surface area contributed by atoms with E-state index in [2.05, 4.69) is 361 Å². The highest BCUT2D eigenvalue weighted by Gasteiger charge is 2.24. The third-order valence-corrected chi connectivity index (χ3v) is 21.7. The fourth-order valence-corrected chi connectivity index (χ4v) is 16.2. The van der Waals surface area contributed by atoms with Crippen LogP contribution in [0, 0.1) is 0 Å². The lowest BCUT2D eigenvalue weighted by atomic mass is 9.96. The van der Waals surface area contributed by atoms with Crippen molar-refractivity contribution >= 4 is 87.7 Å². The lowest BCUT2D eigenvalue weighted by Gasteiger charge is -2.12. The van der Waals surface area contributed by atoms with Gasteiger partial charge in [0.05, 0.1) is 22.1 Å². The summed E-state index contributed by atoms with van der Waals surface area (Å²) in [6.45, 7) is 0. The Bertz CT molecular complexity index is 7320. The van der Waals surface area contributed by atoms with Gasteiger partial charge in [0.15, 0.2) is 22.8 Å². The van der Waals surface area contributed by atoms with Gasteiger partial charge in [-0.1, -0.05) is 322 Å². The van der Waals surface area contributed by atoms with Crippen molar-refractivity contribution in [2.75, 3.05) is 0 Å². The Morgan fingerprint density at radius 2 is 0.527 bits per heavy atom. The van der Waals surface area contributed by atoms with Gasteiger partial charge in [0.1, 0.15) is 33.6 Å². The van der Waals surface area contributed by atoms with Gasteiger partial charge in [-0.25, -0.2) is 19.9 Å². The first-order valence-corrected chi connectivity index (χ1v) is 37.8. The minimum atomic E-state index is 0.664. The average Bonchev–Trinajstić information content (AvgIpc) is 1.59. The normalized spacial score (nSPS) is 11.6. The van der Waals surface area contributed by atoms with Crippen LogP contribution in [0.2, 0.25) is 0 Å². The number of aromatic nitrogens is 6. The van der Waals surface area contributed by atoms with Gasteiger partial charge in [0.2, 0.25) is 0 Å². The van der Waals surface area contributed by atoms with E-state index in [1.54, 1.807) is 0 Å². The highest BCUT2D eigenvalue weighted by Crippen LogP contribution is 2.44. The van der Waals surface area contributed by atoms with Crippen LogP contribution in [-0.4, -0.2) is 29.1 Å². The number of hydrogen-bond acceptors (Lipinski definition) is 6. The van der Waals surface area contributed by atoms with Crippen LogP contribution in [0.5, 0.6) is 0 Å². The first-order valence-electron chi connectivity index (χ1n) is 37.8. The zero-order valence-corrected chi connectivity index (χ0v) is 60.6. The summed E-state index contributed by atoms with van der Waals surface area (Å²) in [5, 5.41) is 6.88. The maximum atomic E-state index is 6.63. The number of furan rings is 2. The molecule has 0 saturated carbocycles. The summed E-state index contributed by atoms with van der Waals surface area (Å²) >= 11 is 0. The Balaban J connectivity index is 0.000000141. The molecule has 0 atom stereocenters. The quantitative estimate of drug-likeness (QED) is 0.121. The van der Waals surface area contributed by atoms with E-state index in [1.807, 2.05) is 48.5 Å². The second-order valence-electron chi connectivity index (χ2n) is 28.4. The number of benzene rings is 16. The molecule has 0 aliphatic heterocycles. The maximum absolute atomic E-state index is 6.63. The van der Waals surface area contributed by atoms with Gasteiger partial charge in [0, 0.05) is 71.5 Å². The van der Waals surface area contributed by atoms with Crippen molar-refractivity contribution in [1.29, 1.82) is 0 Å². The van der Waals surface area contributed by atoms with Crippen molar-refractivity contribution in [3.05, 3.63) is 400 Å². The molecule has 0 fully saturated rings. The first-order chi connectivity index (χ1) is 55.5. The molecule has 0 aliphatic rings. The van der Waals surface area contributed by atoms with Gasteiger partial charge < -0.3 is 18.0 Å². The molecule has 22 aromatic rings. The smallest absolute Gasteiger partial charge is 0.180 e. The van der Waals surface area contributed by atoms with Gasteiger partial charge in [-0.2, -0.15) is 0 Å². The first kappa shape index (κ1) is 65.2. The molecule has 0 amide bonds. The van der Waals surface area contributed by atoms with Crippen molar-refractivity contribution in [2.45, 2.75) is 0 Å². The second kappa shape index (κ2) is 27.6. The number of para-hydroxylation sites is 5. The summed E-state index contributed by atoms with van der Waals surface area (Å²) < 4.78 is 18.0. The van der Waals surface area contributed by atoms with Crippen LogP contribution in [-0.2, 0) is 0 Å². The van der Waals surface area contributed by atoms with Crippen molar-refractivity contribution in [3.63, 3.8) is 0 Å². The van der Waals surface area contributed by atoms with E-state index in [9.17, 15) is 0 Å². The summed E-state index contributed by atoms with van der Waals surface area (Å²) in [7, 11) is 0. The number of fused-ring (bicyclic) bond motifs is 12. The van der Waals surface area contributed by atoms with Gasteiger partial charge in [-0.3, -0.25) is 0 Å². The van der Waals surface area contributed by atoms with E-state index >= 15 is 0 Å². The summed E-state index contributed by atoms with van der Waals surface area (Å²) in [6.07, 6.45) is 0. The van der Waals surface area contributed by atoms with Crippen LogP contribution in [0.4, 0.5) is 0 Å². The van der Waals surface area contributed by atoms with Crippen molar-refractivity contribution in [3.8, 4) is 123 Å². The van der Waals surface area contributed by atoms with Crippen molar-refractivity contribution in [2.24, 2.45) is 0 Å². The van der Waals surface area contributed by atoms with Gasteiger partial charge in [-0.05, 0) is 140 Å². The maximum Gasteiger partial charge on any atom is 0.180 e. The molecular weight excluding hydrogens is 1370 g/mol. The molecular formula is C104H66N6O2. The predicted molar refractivity (Wildman–Crippen MR) is 462 cm³/mol. The zero-order chi connectivity index (χ0) is 74.0. The summed E-state index contributed by atoms with van der Waals surface area (Å²) in [4.78, 5) is 20.6. The molecule has 0 radical (unpaired) electrons. The monoisotopic (exact) mass is 1430 g/mol. The molecule has 0 saturated heterocycles. The molecule has 8 heteroatoms. The van der Waals surface area contributed by atoms with Crippen molar-refractivity contribution < 1.29 is 8.83 Å². The lowest BCUT2D eigenvalue weighted by molar-refractivity contribution is 0.667. The van der Waals surface area contributed by atoms with Crippen LogP contribution in [0.3, 0.4) is 0 Å². The molecule has 0 spiro atoms. The molecule has 6 heterocycles. The average molecular weight is 1430 g/mol. The minimum Gasteiger partial charge on any atom is -0.452 e. The lowest BCUT2D eigenvalue weighted by Crippen LogP contribution is -1.95. The Morgan fingerprint density at radius 3 is 1.03 bits per heavy atom. The Kier molecular flexibility index (Phi) is 16.1. The van der Waals surface area contributed by atoms with E-state index in [0.29, 0.717) is 22.8 Å². The highest BCUT2D eigenvalue weighted by atomic mass is 16.3. The van der Waals surface area contributed by atoms with Gasteiger partial charge >= 0.3 is 0 Å². The number of rotatable bonds is 12. The predicted octanol–water partition coefficient (Wildman–Crippen LogP) is 27.6. The SMILES string of the molecule is c1ccc(-c2ccc(-c3nc(-c4ccccc4)nc4c3oc3ccc(-c5cccc(-c6ccc7c8ccccc8n(-c8ccccc8)c7c6)c5)cc34)cc2)cc1.c1ccc(-c2ccc(-c3nc(-c4ccccc4)nc4c3oc3ccc(-c5cccc(-c6cccc7c8ccccc8n(-c8ccccc8)c67)c5)cc34)cc2)cc1. The molecule has 0 unspecified atom stereocenters. The Morgan fingerprint density at radius 1 is 0.196 bits per heavy atom. The largest absolute Gasteiger partial charge is 0.452 e. The molecule has 16 aromatic carbocycles. The second-order valence-corrected chi connectivity index (χ2v) is 28.4. The van der Waals surface area contributed by atoms with Crippen LogP contribution in [0.25, 0.3) is 211 Å². The van der Waals surface area contributed by atoms with E-state index in [0.717, 1.165) is 128 Å². The Labute approximate surface area is 645 Å². The van der Waals surface area contributed by atoms with Crippen molar-refractivity contribution in [1.82, 2.24) is 29.1 Å². The highest BCUT2D eigenvalue weighted by molar-refractivity contribution is 6.15. The molecule has 0 aliphatic carbocycles. The van der Waals surface area contributed by atoms with Gasteiger partial charge in [0.25, 0.3) is 0 Å². The van der Waals surface area contributed by atoms with Crippen LogP contribution >= 0.6 is 0 Å². The molecule has 524 valence electrons. The molecule has 0 bridgehead atoms. The molecule has 112 heavy (non-hydrogen) atoms. The van der Waals surface area contributed by atoms with Crippen LogP contribution in [0.15, 0.2) is 409 Å². The summed E-state index contributed by atoms with van der Waals surface area (Å²) in [5.74, 6) is 1.33. The minimum absolute atomic E-state index is 0.664. The topological polar surface area (TPSA) is 87.7 Å². The third kappa shape index (κ3) is 11.7. The van der Waals surface area contributed by atoms with E-state index in [4.69, 9.17) is 28.8 Å². The summed E-state index contributed by atoms with van der Waals surface area (Å²) in [5.41, 5.74) is 30.7.